The number of benzene rings is 2. The van der Waals surface area contributed by atoms with Gasteiger partial charge in [0.2, 0.25) is 0 Å². The number of piperidine rings is 1. The number of nitrogens with zero attached hydrogens (tertiary/aromatic N) is 1. The van der Waals surface area contributed by atoms with E-state index in [2.05, 4.69) is 29.2 Å². The fraction of sp³-hybridized carbons (Fsp3) is 0.391. The predicted molar refractivity (Wildman–Crippen MR) is 104 cm³/mol. The molecule has 0 amide bonds. The molecule has 0 aromatic heterocycles. The molecule has 0 bridgehead atoms. The highest BCUT2D eigenvalue weighted by molar-refractivity contribution is 6.03. The van der Waals surface area contributed by atoms with Crippen molar-refractivity contribution in [3.8, 4) is 5.75 Å². The van der Waals surface area contributed by atoms with E-state index < -0.39 is 0 Å². The molecule has 1 atom stereocenters. The van der Waals surface area contributed by atoms with E-state index in [1.165, 1.54) is 11.6 Å². The lowest BCUT2D eigenvalue weighted by Crippen LogP contribution is -2.34. The number of carbonyl (C=O) groups excluding carboxylic acids is 2. The van der Waals surface area contributed by atoms with Crippen LogP contribution in [0.15, 0.2) is 42.5 Å². The van der Waals surface area contributed by atoms with Gasteiger partial charge in [0.05, 0.1) is 5.56 Å². The molecule has 1 N–H and O–H groups in total. The summed E-state index contributed by atoms with van der Waals surface area (Å²) in [7, 11) is 0. The first-order valence-electron chi connectivity index (χ1n) is 9.75. The van der Waals surface area contributed by atoms with Crippen LogP contribution in [-0.4, -0.2) is 35.2 Å². The Balaban J connectivity index is 1.33. The summed E-state index contributed by atoms with van der Waals surface area (Å²) in [6, 6.07) is 13.7. The minimum atomic E-state index is -0.0908. The number of fused-ring (bicyclic) bond motifs is 1. The molecule has 4 heteroatoms. The number of carbonyl (C=O) groups is 2. The molecule has 1 aliphatic heterocycles. The molecule has 1 saturated heterocycles. The predicted octanol–water partition coefficient (Wildman–Crippen LogP) is 3.86. The summed E-state index contributed by atoms with van der Waals surface area (Å²) in [6.07, 6.45) is 4.49. The lowest BCUT2D eigenvalue weighted by molar-refractivity contribution is 0.0895. The topological polar surface area (TPSA) is 57.6 Å². The average molecular weight is 363 g/mol. The minimum absolute atomic E-state index is 0.00743. The molecule has 1 heterocycles. The van der Waals surface area contributed by atoms with E-state index in [-0.39, 0.29) is 23.0 Å². The van der Waals surface area contributed by atoms with Crippen molar-refractivity contribution in [3.05, 3.63) is 64.7 Å². The van der Waals surface area contributed by atoms with Gasteiger partial charge in [-0.15, -0.1) is 0 Å². The Bertz CT molecular complexity index is 838. The lowest BCUT2D eigenvalue weighted by Gasteiger charge is -2.32. The van der Waals surface area contributed by atoms with Crippen molar-refractivity contribution >= 4 is 12.1 Å². The Labute approximate surface area is 159 Å². The maximum Gasteiger partial charge on any atom is 0.166 e. The van der Waals surface area contributed by atoms with E-state index >= 15 is 0 Å². The van der Waals surface area contributed by atoms with Gasteiger partial charge in [-0.25, -0.2) is 0 Å². The summed E-state index contributed by atoms with van der Waals surface area (Å²) < 4.78 is 0. The number of likely N-dealkylation sites (tertiary alicyclic amines) is 1. The van der Waals surface area contributed by atoms with Crippen molar-refractivity contribution in [1.29, 1.82) is 0 Å². The maximum absolute atomic E-state index is 12.7. The molecular weight excluding hydrogens is 338 g/mol. The minimum Gasteiger partial charge on any atom is -0.507 e. The SMILES string of the molecule is O=Cc1cc2c(cc1O)C(=O)C(CC1CCN(Cc3ccccc3)CC1)C2. The van der Waals surface area contributed by atoms with Crippen molar-refractivity contribution in [3.63, 3.8) is 0 Å². The largest absolute Gasteiger partial charge is 0.507 e. The summed E-state index contributed by atoms with van der Waals surface area (Å²) >= 11 is 0. The van der Waals surface area contributed by atoms with Crippen LogP contribution in [0.4, 0.5) is 0 Å². The number of aromatic hydroxyl groups is 1. The Kier molecular flexibility index (Phi) is 5.08. The first kappa shape index (κ1) is 17.9. The number of rotatable bonds is 5. The second-order valence-electron chi connectivity index (χ2n) is 7.89. The van der Waals surface area contributed by atoms with Gasteiger partial charge in [0.25, 0.3) is 0 Å². The summed E-state index contributed by atoms with van der Waals surface area (Å²) in [4.78, 5) is 26.2. The van der Waals surface area contributed by atoms with E-state index in [0.29, 0.717) is 24.2 Å². The normalized spacial score (nSPS) is 20.6. The highest BCUT2D eigenvalue weighted by atomic mass is 16.3. The van der Waals surface area contributed by atoms with Gasteiger partial charge in [0, 0.05) is 18.0 Å². The van der Waals surface area contributed by atoms with Crippen LogP contribution in [0.2, 0.25) is 0 Å². The fourth-order valence-electron chi connectivity index (χ4n) is 4.54. The molecule has 0 radical (unpaired) electrons. The van der Waals surface area contributed by atoms with Crippen LogP contribution >= 0.6 is 0 Å². The molecule has 1 fully saturated rings. The molecule has 0 spiro atoms. The van der Waals surface area contributed by atoms with Gasteiger partial charge < -0.3 is 5.11 Å². The van der Waals surface area contributed by atoms with Gasteiger partial charge >= 0.3 is 0 Å². The zero-order chi connectivity index (χ0) is 18.8. The monoisotopic (exact) mass is 363 g/mol. The number of phenols is 1. The van der Waals surface area contributed by atoms with E-state index in [9.17, 15) is 14.7 Å². The van der Waals surface area contributed by atoms with Crippen molar-refractivity contribution < 1.29 is 14.7 Å². The molecule has 140 valence electrons. The first-order chi connectivity index (χ1) is 13.1. The highest BCUT2D eigenvalue weighted by Crippen LogP contribution is 2.36. The molecule has 1 aliphatic carbocycles. The fourth-order valence-corrected chi connectivity index (χ4v) is 4.54. The van der Waals surface area contributed by atoms with Gasteiger partial charge in [-0.05, 0) is 68.0 Å². The van der Waals surface area contributed by atoms with Crippen LogP contribution in [-0.2, 0) is 13.0 Å². The smallest absolute Gasteiger partial charge is 0.166 e. The Morgan fingerprint density at radius 1 is 1.11 bits per heavy atom. The van der Waals surface area contributed by atoms with Crippen molar-refractivity contribution in [2.75, 3.05) is 13.1 Å². The number of ketones is 1. The van der Waals surface area contributed by atoms with Crippen molar-refractivity contribution in [2.24, 2.45) is 11.8 Å². The van der Waals surface area contributed by atoms with Crippen LogP contribution in [0, 0.1) is 11.8 Å². The zero-order valence-electron chi connectivity index (χ0n) is 15.4. The molecule has 4 rings (SSSR count). The Morgan fingerprint density at radius 3 is 2.56 bits per heavy atom. The second-order valence-corrected chi connectivity index (χ2v) is 7.89. The molecule has 1 unspecified atom stereocenters. The van der Waals surface area contributed by atoms with Crippen LogP contribution in [0.1, 0.15) is 51.1 Å². The van der Waals surface area contributed by atoms with E-state index in [1.54, 1.807) is 6.07 Å². The standard InChI is InChI=1S/C23H25NO3/c25-15-20-12-18-11-19(23(27)21(18)13-22(20)26)10-16-6-8-24(9-7-16)14-17-4-2-1-3-5-17/h1-5,12-13,15-16,19,26H,6-11,14H2. The van der Waals surface area contributed by atoms with Gasteiger partial charge in [0.15, 0.2) is 12.1 Å². The van der Waals surface area contributed by atoms with Crippen molar-refractivity contribution in [1.82, 2.24) is 4.90 Å². The third-order valence-corrected chi connectivity index (χ3v) is 6.06. The molecule has 2 aromatic carbocycles. The lowest BCUT2D eigenvalue weighted by atomic mass is 9.85. The second kappa shape index (κ2) is 7.65. The summed E-state index contributed by atoms with van der Waals surface area (Å²) in [5.41, 5.74) is 3.13. The number of aldehydes is 1. The van der Waals surface area contributed by atoms with Crippen LogP contribution in [0.25, 0.3) is 0 Å². The van der Waals surface area contributed by atoms with Gasteiger partial charge in [0.1, 0.15) is 5.75 Å². The van der Waals surface area contributed by atoms with Crippen molar-refractivity contribution in [2.45, 2.75) is 32.2 Å². The van der Waals surface area contributed by atoms with Gasteiger partial charge in [-0.3, -0.25) is 14.5 Å². The number of hydrogen-bond acceptors (Lipinski definition) is 4. The van der Waals surface area contributed by atoms with Gasteiger partial charge in [-0.2, -0.15) is 0 Å². The zero-order valence-corrected chi connectivity index (χ0v) is 15.4. The third kappa shape index (κ3) is 3.81. The molecule has 4 nitrogen and oxygen atoms in total. The Hall–Kier alpha value is -2.46. The molecular formula is C23H25NO3. The van der Waals surface area contributed by atoms with Crippen LogP contribution < -0.4 is 0 Å². The molecule has 0 saturated carbocycles. The molecule has 2 aromatic rings. The number of phenolic OH excluding ortho intramolecular Hbond substituents is 1. The quantitative estimate of drug-likeness (QED) is 0.820. The Morgan fingerprint density at radius 2 is 1.85 bits per heavy atom. The average Bonchev–Trinajstić information content (AvgIpc) is 2.98. The highest BCUT2D eigenvalue weighted by Gasteiger charge is 2.34. The van der Waals surface area contributed by atoms with Crippen LogP contribution in [0.3, 0.4) is 0 Å². The van der Waals surface area contributed by atoms with E-state index in [0.717, 1.165) is 44.5 Å². The summed E-state index contributed by atoms with van der Waals surface area (Å²) in [5, 5.41) is 9.86. The molecule has 2 aliphatic rings. The summed E-state index contributed by atoms with van der Waals surface area (Å²) in [5.74, 6) is 0.600. The van der Waals surface area contributed by atoms with E-state index in [4.69, 9.17) is 0 Å². The maximum atomic E-state index is 12.7. The number of Topliss-reactive ketones (excluding diaryl/α,β-unsaturated/α-hetero) is 1. The summed E-state index contributed by atoms with van der Waals surface area (Å²) in [6.45, 7) is 3.14. The van der Waals surface area contributed by atoms with Gasteiger partial charge in [-0.1, -0.05) is 30.3 Å². The third-order valence-electron chi connectivity index (χ3n) is 6.06. The van der Waals surface area contributed by atoms with Crippen LogP contribution in [0.5, 0.6) is 5.75 Å². The van der Waals surface area contributed by atoms with E-state index in [1.807, 2.05) is 6.07 Å². The first-order valence-corrected chi connectivity index (χ1v) is 9.75. The number of hydrogen-bond donors (Lipinski definition) is 1. The molecule has 27 heavy (non-hydrogen) atoms.